The first-order valence-corrected chi connectivity index (χ1v) is 9.61. The molecule has 0 fully saturated rings. The summed E-state index contributed by atoms with van der Waals surface area (Å²) in [6.07, 6.45) is 0. The van der Waals surface area contributed by atoms with E-state index in [-0.39, 0.29) is 17.4 Å². The van der Waals surface area contributed by atoms with Crippen LogP contribution in [0.5, 0.6) is 0 Å². The lowest BCUT2D eigenvalue weighted by atomic mass is 9.85. The van der Waals surface area contributed by atoms with E-state index in [9.17, 15) is 9.59 Å². The number of hydrogen-bond acceptors (Lipinski definition) is 3. The summed E-state index contributed by atoms with van der Waals surface area (Å²) < 4.78 is 0. The quantitative estimate of drug-likeness (QED) is 0.701. The van der Waals surface area contributed by atoms with Crippen molar-refractivity contribution in [3.8, 4) is 0 Å². The van der Waals surface area contributed by atoms with Gasteiger partial charge in [-0.25, -0.2) is 4.79 Å². The highest BCUT2D eigenvalue weighted by Gasteiger charge is 2.27. The summed E-state index contributed by atoms with van der Waals surface area (Å²) in [5.74, 6) is -0.233. The van der Waals surface area contributed by atoms with Crippen LogP contribution >= 0.6 is 0 Å². The number of benzene rings is 2. The van der Waals surface area contributed by atoms with Gasteiger partial charge in [0.1, 0.15) is 6.04 Å². The van der Waals surface area contributed by atoms with Crippen LogP contribution in [-0.2, 0) is 10.2 Å². The van der Waals surface area contributed by atoms with Crippen molar-refractivity contribution in [3.63, 3.8) is 0 Å². The zero-order chi connectivity index (χ0) is 20.9. The molecular weight excluding hydrogens is 350 g/mol. The van der Waals surface area contributed by atoms with E-state index in [1.807, 2.05) is 30.3 Å². The number of primary amides is 1. The molecule has 5 nitrogen and oxygen atoms in total. The highest BCUT2D eigenvalue weighted by Crippen LogP contribution is 2.29. The third kappa shape index (κ3) is 5.67. The summed E-state index contributed by atoms with van der Waals surface area (Å²) >= 11 is 0. The van der Waals surface area contributed by atoms with Gasteiger partial charge in [0.2, 0.25) is 5.91 Å². The number of rotatable bonds is 6. The molecule has 28 heavy (non-hydrogen) atoms. The molecule has 0 bridgehead atoms. The van der Waals surface area contributed by atoms with E-state index < -0.39 is 18.0 Å². The molecule has 3 amide bonds. The fourth-order valence-corrected chi connectivity index (χ4v) is 3.21. The molecule has 2 aromatic carbocycles. The summed E-state index contributed by atoms with van der Waals surface area (Å²) in [4.78, 5) is 23.9. The Morgan fingerprint density at radius 2 is 1.46 bits per heavy atom. The SMILES string of the molecule is CC(C)[C@H](N[C@H](C(=O)NC(N)=O)c1ccccc1)c1ccc(C(C)(C)C)cc1. The van der Waals surface area contributed by atoms with Crippen LogP contribution in [0.3, 0.4) is 0 Å². The van der Waals surface area contributed by atoms with Gasteiger partial charge in [0.25, 0.3) is 0 Å². The zero-order valence-corrected chi connectivity index (χ0v) is 17.3. The molecule has 0 heterocycles. The number of amides is 3. The van der Waals surface area contributed by atoms with Gasteiger partial charge in [0.15, 0.2) is 0 Å². The molecule has 2 rings (SSSR count). The molecule has 5 heteroatoms. The number of urea groups is 1. The Morgan fingerprint density at radius 3 is 1.93 bits per heavy atom. The second-order valence-corrected chi connectivity index (χ2v) is 8.46. The molecule has 0 aromatic heterocycles. The maximum atomic E-state index is 12.7. The molecule has 0 unspecified atom stereocenters. The largest absolute Gasteiger partial charge is 0.351 e. The third-order valence-electron chi connectivity index (χ3n) is 4.79. The van der Waals surface area contributed by atoms with E-state index in [1.165, 1.54) is 5.56 Å². The van der Waals surface area contributed by atoms with Crippen LogP contribution in [-0.4, -0.2) is 11.9 Å². The van der Waals surface area contributed by atoms with Gasteiger partial charge in [-0.3, -0.25) is 15.4 Å². The van der Waals surface area contributed by atoms with Crippen LogP contribution in [0.2, 0.25) is 0 Å². The number of imide groups is 1. The Kier molecular flexibility index (Phi) is 6.97. The van der Waals surface area contributed by atoms with Crippen LogP contribution in [0.25, 0.3) is 0 Å². The van der Waals surface area contributed by atoms with E-state index >= 15 is 0 Å². The van der Waals surface area contributed by atoms with Gasteiger partial charge in [0, 0.05) is 6.04 Å². The zero-order valence-electron chi connectivity index (χ0n) is 17.3. The van der Waals surface area contributed by atoms with Gasteiger partial charge in [0.05, 0.1) is 0 Å². The first-order valence-electron chi connectivity index (χ1n) is 9.61. The van der Waals surface area contributed by atoms with Gasteiger partial charge in [-0.2, -0.15) is 0 Å². The van der Waals surface area contributed by atoms with E-state index in [0.717, 1.165) is 11.1 Å². The van der Waals surface area contributed by atoms with Crippen LogP contribution in [0, 0.1) is 5.92 Å². The highest BCUT2D eigenvalue weighted by atomic mass is 16.2. The van der Waals surface area contributed by atoms with Crippen molar-refractivity contribution in [1.82, 2.24) is 10.6 Å². The van der Waals surface area contributed by atoms with Crippen molar-refractivity contribution < 1.29 is 9.59 Å². The van der Waals surface area contributed by atoms with Gasteiger partial charge >= 0.3 is 6.03 Å². The molecular formula is C23H31N3O2. The predicted molar refractivity (Wildman–Crippen MR) is 113 cm³/mol. The Bertz CT molecular complexity index is 793. The maximum absolute atomic E-state index is 12.7. The number of carbonyl (C=O) groups excluding carboxylic acids is 2. The van der Waals surface area contributed by atoms with Crippen molar-refractivity contribution >= 4 is 11.9 Å². The molecule has 0 saturated carbocycles. The standard InChI is InChI=1S/C23H31N3O2/c1-15(2)19(17-11-13-18(14-12-17)23(3,4)5)25-20(21(27)26-22(24)28)16-9-7-6-8-10-16/h6-15,19-20,25H,1-5H3,(H3,24,26,27,28)/t19-,20-/m0/s1. The van der Waals surface area contributed by atoms with Gasteiger partial charge in [-0.1, -0.05) is 89.2 Å². The number of nitrogens with one attached hydrogen (secondary N) is 2. The predicted octanol–water partition coefficient (Wildman–Crippen LogP) is 4.21. The Balaban J connectivity index is 2.35. The smallest absolute Gasteiger partial charge is 0.318 e. The highest BCUT2D eigenvalue weighted by molar-refractivity contribution is 5.96. The number of nitrogens with two attached hydrogens (primary N) is 1. The molecule has 0 radical (unpaired) electrons. The molecule has 0 aliphatic rings. The van der Waals surface area contributed by atoms with E-state index in [4.69, 9.17) is 5.73 Å². The Morgan fingerprint density at radius 1 is 0.893 bits per heavy atom. The minimum Gasteiger partial charge on any atom is -0.351 e. The van der Waals surface area contributed by atoms with E-state index in [0.29, 0.717) is 0 Å². The van der Waals surface area contributed by atoms with Crippen molar-refractivity contribution in [3.05, 3.63) is 71.3 Å². The van der Waals surface area contributed by atoms with Crippen molar-refractivity contribution in [2.75, 3.05) is 0 Å². The molecule has 0 aliphatic carbocycles. The van der Waals surface area contributed by atoms with Gasteiger partial charge < -0.3 is 5.73 Å². The molecule has 0 spiro atoms. The summed E-state index contributed by atoms with van der Waals surface area (Å²) in [6, 6.07) is 16.2. The van der Waals surface area contributed by atoms with Crippen molar-refractivity contribution in [2.24, 2.45) is 11.7 Å². The lowest BCUT2D eigenvalue weighted by molar-refractivity contribution is -0.122. The lowest BCUT2D eigenvalue weighted by Crippen LogP contribution is -2.44. The summed E-state index contributed by atoms with van der Waals surface area (Å²) in [5, 5.41) is 5.63. The van der Waals surface area contributed by atoms with Gasteiger partial charge in [-0.05, 0) is 28.0 Å². The lowest BCUT2D eigenvalue weighted by Gasteiger charge is -2.29. The van der Waals surface area contributed by atoms with Crippen LogP contribution in [0.4, 0.5) is 4.79 Å². The fourth-order valence-electron chi connectivity index (χ4n) is 3.21. The third-order valence-corrected chi connectivity index (χ3v) is 4.79. The molecule has 0 saturated heterocycles. The molecule has 4 N–H and O–H groups in total. The first kappa shape index (κ1) is 21.6. The summed E-state index contributed by atoms with van der Waals surface area (Å²) in [7, 11) is 0. The second-order valence-electron chi connectivity index (χ2n) is 8.46. The molecule has 2 aromatic rings. The van der Waals surface area contributed by atoms with Gasteiger partial charge in [-0.15, -0.1) is 0 Å². The maximum Gasteiger partial charge on any atom is 0.318 e. The average molecular weight is 382 g/mol. The first-order chi connectivity index (χ1) is 13.1. The Hall–Kier alpha value is -2.66. The normalized spacial score (nSPS) is 13.8. The monoisotopic (exact) mass is 381 g/mol. The molecule has 150 valence electrons. The van der Waals surface area contributed by atoms with Crippen LogP contribution < -0.4 is 16.4 Å². The van der Waals surface area contributed by atoms with E-state index in [2.05, 4.69) is 69.5 Å². The fraction of sp³-hybridized carbons (Fsp3) is 0.391. The summed E-state index contributed by atoms with van der Waals surface area (Å²) in [6.45, 7) is 10.7. The number of carbonyl (C=O) groups is 2. The summed E-state index contributed by atoms with van der Waals surface area (Å²) in [5.41, 5.74) is 8.37. The average Bonchev–Trinajstić information content (AvgIpc) is 2.61. The van der Waals surface area contributed by atoms with Crippen molar-refractivity contribution in [1.29, 1.82) is 0 Å². The Labute approximate surface area is 167 Å². The van der Waals surface area contributed by atoms with Crippen LogP contribution in [0.15, 0.2) is 54.6 Å². The number of hydrogen-bond donors (Lipinski definition) is 3. The van der Waals surface area contributed by atoms with Crippen LogP contribution in [0.1, 0.15) is 63.4 Å². The molecule has 2 atom stereocenters. The second kappa shape index (κ2) is 9.02. The van der Waals surface area contributed by atoms with Crippen molar-refractivity contribution in [2.45, 2.75) is 52.1 Å². The molecule has 0 aliphatic heterocycles. The minimum absolute atomic E-state index is 0.0714. The minimum atomic E-state index is -0.858. The van der Waals surface area contributed by atoms with E-state index in [1.54, 1.807) is 0 Å². The topological polar surface area (TPSA) is 84.2 Å².